The van der Waals surface area contributed by atoms with Crippen LogP contribution >= 0.6 is 0 Å². The lowest BCUT2D eigenvalue weighted by molar-refractivity contribution is -0.384. The number of nitro groups is 1. The first kappa shape index (κ1) is 15.3. The van der Waals surface area contributed by atoms with Gasteiger partial charge in [0, 0.05) is 5.39 Å². The van der Waals surface area contributed by atoms with Crippen LogP contribution in [0.3, 0.4) is 0 Å². The maximum Gasteiger partial charge on any atom is 0.357 e. The van der Waals surface area contributed by atoms with Gasteiger partial charge in [-0.15, -0.1) is 0 Å². The van der Waals surface area contributed by atoms with E-state index in [9.17, 15) is 24.8 Å². The second kappa shape index (κ2) is 5.72. The summed E-state index contributed by atoms with van der Waals surface area (Å²) in [5.74, 6) is -1.87. The number of aromatic hydroxyl groups is 1. The molecule has 1 aromatic carbocycles. The van der Waals surface area contributed by atoms with Crippen LogP contribution in [0.4, 0.5) is 5.69 Å². The third-order valence-corrected chi connectivity index (χ3v) is 2.83. The Hall–Kier alpha value is -3.10. The van der Waals surface area contributed by atoms with Crippen molar-refractivity contribution in [3.63, 3.8) is 0 Å². The summed E-state index contributed by atoms with van der Waals surface area (Å²) in [4.78, 5) is 33.6. The lowest BCUT2D eigenvalue weighted by Gasteiger charge is -2.07. The number of hydrogen-bond donors (Lipinski definition) is 1. The molecule has 22 heavy (non-hydrogen) atoms. The Labute approximate surface area is 122 Å². The van der Waals surface area contributed by atoms with Crippen LogP contribution in [0.1, 0.15) is 17.3 Å². The van der Waals surface area contributed by atoms with Crippen molar-refractivity contribution in [2.24, 2.45) is 0 Å². The van der Waals surface area contributed by atoms with Gasteiger partial charge in [0.2, 0.25) is 11.3 Å². The minimum atomic E-state index is -1.10. The van der Waals surface area contributed by atoms with Crippen molar-refractivity contribution in [1.82, 2.24) is 0 Å². The smallest absolute Gasteiger partial charge is 0.357 e. The number of methoxy groups -OCH3 is 1. The van der Waals surface area contributed by atoms with E-state index in [-0.39, 0.29) is 17.7 Å². The highest BCUT2D eigenvalue weighted by Gasteiger charge is 2.27. The Kier molecular flexibility index (Phi) is 3.97. The molecule has 0 saturated carbocycles. The lowest BCUT2D eigenvalue weighted by Crippen LogP contribution is -2.16. The third-order valence-electron chi connectivity index (χ3n) is 2.83. The van der Waals surface area contributed by atoms with E-state index in [1.54, 1.807) is 6.92 Å². The molecule has 0 aliphatic carbocycles. The molecule has 116 valence electrons. The Morgan fingerprint density at radius 2 is 2.14 bits per heavy atom. The molecule has 1 aromatic heterocycles. The number of hydrogen-bond acceptors (Lipinski definition) is 8. The summed E-state index contributed by atoms with van der Waals surface area (Å²) in [5.41, 5.74) is -2.78. The van der Waals surface area contributed by atoms with Crippen LogP contribution in [-0.4, -0.2) is 29.7 Å². The molecule has 0 bridgehead atoms. The van der Waals surface area contributed by atoms with E-state index in [0.717, 1.165) is 6.07 Å². The number of phenols is 1. The maximum absolute atomic E-state index is 11.8. The van der Waals surface area contributed by atoms with Gasteiger partial charge in [0.1, 0.15) is 5.56 Å². The summed E-state index contributed by atoms with van der Waals surface area (Å²) in [6.45, 7) is 1.61. The standard InChI is InChI=1S/C13H11NO8/c1-3-21-12(16)7-4-6-5-8(20-2)10(15)9(14(18)19)11(6)22-13(7)17/h4-5,15H,3H2,1-2H3. The van der Waals surface area contributed by atoms with Gasteiger partial charge in [0.05, 0.1) is 18.6 Å². The van der Waals surface area contributed by atoms with E-state index in [1.807, 2.05) is 0 Å². The Balaban J connectivity index is 2.83. The molecule has 0 atom stereocenters. The molecule has 0 saturated heterocycles. The highest BCUT2D eigenvalue weighted by molar-refractivity contribution is 5.96. The van der Waals surface area contributed by atoms with Crippen molar-refractivity contribution in [1.29, 1.82) is 0 Å². The highest BCUT2D eigenvalue weighted by atomic mass is 16.6. The quantitative estimate of drug-likeness (QED) is 0.390. The molecule has 0 aliphatic heterocycles. The normalized spacial score (nSPS) is 10.5. The van der Waals surface area contributed by atoms with Gasteiger partial charge in [-0.05, 0) is 19.1 Å². The van der Waals surface area contributed by atoms with Gasteiger partial charge in [-0.1, -0.05) is 0 Å². The number of benzene rings is 1. The molecular formula is C13H11NO8. The van der Waals surface area contributed by atoms with Crippen LogP contribution < -0.4 is 10.4 Å². The molecule has 0 fully saturated rings. The summed E-state index contributed by atoms with van der Waals surface area (Å²) in [5, 5.41) is 20.9. The van der Waals surface area contributed by atoms with E-state index < -0.39 is 39.1 Å². The highest BCUT2D eigenvalue weighted by Crippen LogP contribution is 2.41. The van der Waals surface area contributed by atoms with Gasteiger partial charge in [-0.2, -0.15) is 0 Å². The molecule has 1 heterocycles. The summed E-state index contributed by atoms with van der Waals surface area (Å²) in [6, 6.07) is 2.30. The zero-order valence-electron chi connectivity index (χ0n) is 11.6. The van der Waals surface area contributed by atoms with Crippen LogP contribution in [0, 0.1) is 10.1 Å². The van der Waals surface area contributed by atoms with Crippen molar-refractivity contribution >= 4 is 22.6 Å². The fraction of sp³-hybridized carbons (Fsp3) is 0.231. The molecule has 0 spiro atoms. The zero-order chi connectivity index (χ0) is 16.4. The number of rotatable bonds is 4. The Morgan fingerprint density at radius 1 is 1.45 bits per heavy atom. The van der Waals surface area contributed by atoms with E-state index in [2.05, 4.69) is 0 Å². The average molecular weight is 309 g/mol. The fourth-order valence-electron chi connectivity index (χ4n) is 1.89. The maximum atomic E-state index is 11.8. The van der Waals surface area contributed by atoms with Gasteiger partial charge in [-0.25, -0.2) is 9.59 Å². The molecule has 0 radical (unpaired) electrons. The summed E-state index contributed by atoms with van der Waals surface area (Å²) in [6.07, 6.45) is 0. The first-order chi connectivity index (χ1) is 10.4. The van der Waals surface area contributed by atoms with Gasteiger partial charge in [0.15, 0.2) is 5.75 Å². The Bertz CT molecular complexity index is 823. The number of carbonyl (C=O) groups is 1. The number of nitrogens with zero attached hydrogens (tertiary/aromatic N) is 1. The third kappa shape index (κ3) is 2.43. The summed E-state index contributed by atoms with van der Waals surface area (Å²) in [7, 11) is 1.20. The molecule has 2 rings (SSSR count). The summed E-state index contributed by atoms with van der Waals surface area (Å²) < 4.78 is 14.4. The zero-order valence-corrected chi connectivity index (χ0v) is 11.6. The topological polar surface area (TPSA) is 129 Å². The van der Waals surface area contributed by atoms with Crippen LogP contribution in [0.15, 0.2) is 21.3 Å². The second-order valence-electron chi connectivity index (χ2n) is 4.12. The van der Waals surface area contributed by atoms with E-state index >= 15 is 0 Å². The minimum absolute atomic E-state index is 0.0454. The average Bonchev–Trinajstić information content (AvgIpc) is 2.45. The monoisotopic (exact) mass is 309 g/mol. The predicted molar refractivity (Wildman–Crippen MR) is 73.3 cm³/mol. The van der Waals surface area contributed by atoms with Crippen LogP contribution in [0.25, 0.3) is 11.0 Å². The molecule has 9 heteroatoms. The fourth-order valence-corrected chi connectivity index (χ4v) is 1.89. The van der Waals surface area contributed by atoms with Crippen molar-refractivity contribution < 1.29 is 28.7 Å². The molecule has 1 N–H and O–H groups in total. The number of nitro benzene ring substituents is 1. The number of carbonyl (C=O) groups excluding carboxylic acids is 1. The van der Waals surface area contributed by atoms with Gasteiger partial charge in [0.25, 0.3) is 0 Å². The van der Waals surface area contributed by atoms with Gasteiger partial charge < -0.3 is 19.0 Å². The molecular weight excluding hydrogens is 298 g/mol. The number of ether oxygens (including phenoxy) is 2. The number of fused-ring (bicyclic) bond motifs is 1. The summed E-state index contributed by atoms with van der Waals surface area (Å²) >= 11 is 0. The number of esters is 1. The molecule has 0 unspecified atom stereocenters. The first-order valence-corrected chi connectivity index (χ1v) is 6.10. The first-order valence-electron chi connectivity index (χ1n) is 6.10. The van der Waals surface area contributed by atoms with Crippen LogP contribution in [0.5, 0.6) is 11.5 Å². The predicted octanol–water partition coefficient (Wildman–Crippen LogP) is 1.59. The minimum Gasteiger partial charge on any atom is -0.499 e. The molecule has 9 nitrogen and oxygen atoms in total. The van der Waals surface area contributed by atoms with Crippen molar-refractivity contribution in [2.45, 2.75) is 6.92 Å². The molecule has 0 amide bonds. The molecule has 2 aromatic rings. The number of phenolic OH excluding ortho intramolecular Hbond substituents is 1. The SMILES string of the molecule is CCOC(=O)c1cc2cc(OC)c(O)c([N+](=O)[O-])c2oc1=O. The van der Waals surface area contributed by atoms with Crippen molar-refractivity contribution in [3.05, 3.63) is 38.2 Å². The Morgan fingerprint density at radius 3 is 2.68 bits per heavy atom. The van der Waals surface area contributed by atoms with Gasteiger partial charge in [-0.3, -0.25) is 10.1 Å². The second-order valence-corrected chi connectivity index (χ2v) is 4.12. The van der Waals surface area contributed by atoms with E-state index in [1.165, 1.54) is 13.2 Å². The molecule has 0 aliphatic rings. The van der Waals surface area contributed by atoms with Crippen LogP contribution in [-0.2, 0) is 4.74 Å². The van der Waals surface area contributed by atoms with Crippen molar-refractivity contribution in [3.8, 4) is 11.5 Å². The van der Waals surface area contributed by atoms with Crippen LogP contribution in [0.2, 0.25) is 0 Å². The van der Waals surface area contributed by atoms with E-state index in [4.69, 9.17) is 13.9 Å². The van der Waals surface area contributed by atoms with Gasteiger partial charge >= 0.3 is 17.3 Å². The largest absolute Gasteiger partial charge is 0.499 e. The van der Waals surface area contributed by atoms with Crippen molar-refractivity contribution in [2.75, 3.05) is 13.7 Å². The lowest BCUT2D eigenvalue weighted by atomic mass is 10.1. The van der Waals surface area contributed by atoms with E-state index in [0.29, 0.717) is 0 Å².